The van der Waals surface area contributed by atoms with Gasteiger partial charge in [-0.15, -0.1) is 5.10 Å². The highest BCUT2D eigenvalue weighted by atomic mass is 127. The van der Waals surface area contributed by atoms with Crippen LogP contribution in [0.25, 0.3) is 5.69 Å². The molecule has 14 heavy (non-hydrogen) atoms. The Labute approximate surface area is 99.2 Å². The number of nitrogen functional groups attached to an aromatic ring is 1. The van der Waals surface area contributed by atoms with Crippen LogP contribution in [0.1, 0.15) is 0 Å². The van der Waals surface area contributed by atoms with Crippen LogP contribution < -0.4 is 5.73 Å². The highest BCUT2D eigenvalue weighted by molar-refractivity contribution is 14.1. The molecule has 2 aromatic rings. The van der Waals surface area contributed by atoms with Crippen molar-refractivity contribution in [2.24, 2.45) is 0 Å². The van der Waals surface area contributed by atoms with Crippen molar-refractivity contribution >= 4 is 40.0 Å². The average Bonchev–Trinajstić information content (AvgIpc) is 2.56. The van der Waals surface area contributed by atoms with E-state index >= 15 is 0 Å². The van der Waals surface area contributed by atoms with Crippen molar-refractivity contribution in [1.82, 2.24) is 15.0 Å². The molecule has 0 radical (unpaired) electrons. The minimum atomic E-state index is 0.375. The molecule has 0 aliphatic rings. The smallest absolute Gasteiger partial charge is 0.166 e. The summed E-state index contributed by atoms with van der Waals surface area (Å²) in [5.41, 5.74) is 6.25. The van der Waals surface area contributed by atoms with E-state index in [-0.39, 0.29) is 0 Å². The first-order valence-corrected chi connectivity index (χ1v) is 5.26. The minimum absolute atomic E-state index is 0.375. The van der Waals surface area contributed by atoms with Gasteiger partial charge in [-0.05, 0) is 40.8 Å². The number of benzene rings is 1. The summed E-state index contributed by atoms with van der Waals surface area (Å²) in [5, 5.41) is 8.16. The lowest BCUT2D eigenvalue weighted by Gasteiger charge is -2.02. The molecule has 1 heterocycles. The van der Waals surface area contributed by atoms with Crippen molar-refractivity contribution in [3.05, 3.63) is 33.0 Å². The Balaban J connectivity index is 2.55. The third-order valence-corrected chi connectivity index (χ3v) is 2.66. The lowest BCUT2D eigenvalue weighted by molar-refractivity contribution is 0.804. The third kappa shape index (κ3) is 1.83. The van der Waals surface area contributed by atoms with Gasteiger partial charge in [0.25, 0.3) is 0 Å². The van der Waals surface area contributed by atoms with Crippen LogP contribution in [0.2, 0.25) is 5.02 Å². The molecule has 0 aliphatic carbocycles. The van der Waals surface area contributed by atoms with Crippen LogP contribution in [-0.2, 0) is 0 Å². The van der Waals surface area contributed by atoms with Crippen LogP contribution in [0.4, 0.5) is 5.82 Å². The largest absolute Gasteiger partial charge is 0.381 e. The van der Waals surface area contributed by atoms with E-state index in [1.165, 1.54) is 0 Å². The molecule has 1 aromatic heterocycles. The molecule has 72 valence electrons. The number of nitrogens with two attached hydrogens (primary N) is 1. The predicted molar refractivity (Wildman–Crippen MR) is 63.5 cm³/mol. The lowest BCUT2D eigenvalue weighted by atomic mass is 10.3. The molecular weight excluding hydrogens is 314 g/mol. The second kappa shape index (κ2) is 3.74. The second-order valence-corrected chi connectivity index (χ2v) is 4.34. The fraction of sp³-hybridized carbons (Fsp3) is 0. The number of anilines is 1. The van der Waals surface area contributed by atoms with Gasteiger partial charge in [0.05, 0.1) is 16.9 Å². The lowest BCUT2D eigenvalue weighted by Crippen LogP contribution is -1.96. The molecule has 4 nitrogen and oxygen atoms in total. The van der Waals surface area contributed by atoms with Crippen molar-refractivity contribution in [2.75, 3.05) is 5.73 Å². The quantitative estimate of drug-likeness (QED) is 0.819. The molecule has 0 atom stereocenters. The molecule has 0 spiro atoms. The fourth-order valence-electron chi connectivity index (χ4n) is 1.06. The highest BCUT2D eigenvalue weighted by Crippen LogP contribution is 2.22. The first-order chi connectivity index (χ1) is 6.66. The monoisotopic (exact) mass is 320 g/mol. The minimum Gasteiger partial charge on any atom is -0.381 e. The topological polar surface area (TPSA) is 56.7 Å². The number of halogens is 2. The second-order valence-electron chi connectivity index (χ2n) is 2.68. The van der Waals surface area contributed by atoms with Crippen LogP contribution in [0.3, 0.4) is 0 Å². The summed E-state index contributed by atoms with van der Waals surface area (Å²) >= 11 is 8.21. The van der Waals surface area contributed by atoms with Crippen LogP contribution in [0.5, 0.6) is 0 Å². The molecule has 2 N–H and O–H groups in total. The molecule has 0 unspecified atom stereocenters. The van der Waals surface area contributed by atoms with Crippen molar-refractivity contribution in [3.63, 3.8) is 0 Å². The standard InChI is InChI=1S/C8H6ClIN4/c9-6-2-1-5(10)3-7(6)14-4-8(11)12-13-14/h1-4H,11H2. The summed E-state index contributed by atoms with van der Waals surface area (Å²) < 4.78 is 2.64. The van der Waals surface area contributed by atoms with Gasteiger partial charge in [-0.2, -0.15) is 0 Å². The van der Waals surface area contributed by atoms with Gasteiger partial charge < -0.3 is 5.73 Å². The predicted octanol–water partition coefficient (Wildman–Crippen LogP) is 2.11. The van der Waals surface area contributed by atoms with Gasteiger partial charge in [0.15, 0.2) is 5.82 Å². The van der Waals surface area contributed by atoms with E-state index in [1.54, 1.807) is 10.9 Å². The van der Waals surface area contributed by atoms with Crippen molar-refractivity contribution < 1.29 is 0 Å². The normalized spacial score (nSPS) is 10.4. The first kappa shape index (κ1) is 9.72. The van der Waals surface area contributed by atoms with Gasteiger partial charge >= 0.3 is 0 Å². The molecule has 0 amide bonds. The Hall–Kier alpha value is -0.820. The van der Waals surface area contributed by atoms with Crippen LogP contribution in [0.15, 0.2) is 24.4 Å². The molecule has 0 bridgehead atoms. The summed E-state index contributed by atoms with van der Waals surface area (Å²) in [6, 6.07) is 5.65. The molecule has 0 fully saturated rings. The summed E-state index contributed by atoms with van der Waals surface area (Å²) in [7, 11) is 0. The molecule has 0 saturated carbocycles. The zero-order valence-electron chi connectivity index (χ0n) is 6.98. The fourth-order valence-corrected chi connectivity index (χ4v) is 1.73. The van der Waals surface area contributed by atoms with Crippen molar-refractivity contribution in [3.8, 4) is 5.69 Å². The average molecular weight is 321 g/mol. The third-order valence-electron chi connectivity index (χ3n) is 1.67. The Kier molecular flexibility index (Phi) is 2.60. The number of aromatic nitrogens is 3. The van der Waals surface area contributed by atoms with E-state index < -0.39 is 0 Å². The number of hydrogen-bond acceptors (Lipinski definition) is 3. The zero-order valence-corrected chi connectivity index (χ0v) is 9.90. The molecule has 2 rings (SSSR count). The Morgan fingerprint density at radius 2 is 2.21 bits per heavy atom. The Morgan fingerprint density at radius 1 is 1.43 bits per heavy atom. The van der Waals surface area contributed by atoms with Crippen molar-refractivity contribution in [1.29, 1.82) is 0 Å². The highest BCUT2D eigenvalue weighted by Gasteiger charge is 2.05. The maximum Gasteiger partial charge on any atom is 0.166 e. The van der Waals surface area contributed by atoms with Gasteiger partial charge in [-0.1, -0.05) is 16.8 Å². The van der Waals surface area contributed by atoms with Crippen LogP contribution >= 0.6 is 34.2 Å². The van der Waals surface area contributed by atoms with Gasteiger partial charge in [0, 0.05) is 3.57 Å². The Bertz CT molecular complexity index is 468. The van der Waals surface area contributed by atoms with Gasteiger partial charge in [0.2, 0.25) is 0 Å². The zero-order chi connectivity index (χ0) is 10.1. The summed E-state index contributed by atoms with van der Waals surface area (Å²) in [6.45, 7) is 0. The molecule has 6 heteroatoms. The van der Waals surface area contributed by atoms with Crippen LogP contribution in [-0.4, -0.2) is 15.0 Å². The van der Waals surface area contributed by atoms with Gasteiger partial charge in [-0.3, -0.25) is 0 Å². The van der Waals surface area contributed by atoms with Crippen LogP contribution in [0, 0.1) is 3.57 Å². The van der Waals surface area contributed by atoms with E-state index in [0.29, 0.717) is 10.8 Å². The summed E-state index contributed by atoms with van der Waals surface area (Å²) in [5.74, 6) is 0.375. The van der Waals surface area contributed by atoms with E-state index in [2.05, 4.69) is 32.9 Å². The number of hydrogen-bond donors (Lipinski definition) is 1. The van der Waals surface area contributed by atoms with Gasteiger partial charge in [0.1, 0.15) is 0 Å². The maximum atomic E-state index is 6.01. The Morgan fingerprint density at radius 3 is 2.86 bits per heavy atom. The molecule has 1 aromatic carbocycles. The first-order valence-electron chi connectivity index (χ1n) is 3.80. The van der Waals surface area contributed by atoms with Crippen molar-refractivity contribution in [2.45, 2.75) is 0 Å². The molecular formula is C8H6ClIN4. The van der Waals surface area contributed by atoms with E-state index in [4.69, 9.17) is 17.3 Å². The summed E-state index contributed by atoms with van der Waals surface area (Å²) in [4.78, 5) is 0. The number of rotatable bonds is 1. The molecule has 0 saturated heterocycles. The van der Waals surface area contributed by atoms with Gasteiger partial charge in [-0.25, -0.2) is 4.68 Å². The van der Waals surface area contributed by atoms with E-state index in [9.17, 15) is 0 Å². The summed E-state index contributed by atoms with van der Waals surface area (Å²) in [6.07, 6.45) is 1.62. The molecule has 0 aliphatic heterocycles. The number of nitrogens with zero attached hydrogens (tertiary/aromatic N) is 3. The SMILES string of the molecule is Nc1cn(-c2cc(I)ccc2Cl)nn1. The van der Waals surface area contributed by atoms with E-state index in [0.717, 1.165) is 9.26 Å². The maximum absolute atomic E-state index is 6.01. The van der Waals surface area contributed by atoms with E-state index in [1.807, 2.05) is 18.2 Å².